The number of carbonyl (C=O) groups excluding carboxylic acids is 2. The number of benzene rings is 3. The van der Waals surface area contributed by atoms with Crippen molar-refractivity contribution in [3.8, 4) is 0 Å². The highest BCUT2D eigenvalue weighted by Crippen LogP contribution is 2.27. The highest BCUT2D eigenvalue weighted by atomic mass is 35.5. The van der Waals surface area contributed by atoms with E-state index in [2.05, 4.69) is 5.32 Å². The molecular weight excluding hydrogens is 593 g/mol. The highest BCUT2D eigenvalue weighted by Gasteiger charge is 2.32. The molecule has 40 heavy (non-hydrogen) atoms. The molecule has 0 aliphatic rings. The van der Waals surface area contributed by atoms with Gasteiger partial charge in [-0.3, -0.25) is 13.9 Å². The van der Waals surface area contributed by atoms with Crippen molar-refractivity contribution in [1.29, 1.82) is 0 Å². The molecule has 2 amide bonds. The molecule has 0 saturated heterocycles. The Balaban J connectivity index is 2.02. The molecule has 0 unspecified atom stereocenters. The van der Waals surface area contributed by atoms with Crippen molar-refractivity contribution in [2.75, 3.05) is 17.4 Å². The van der Waals surface area contributed by atoms with Gasteiger partial charge in [0.25, 0.3) is 10.0 Å². The molecular formula is C29H32Cl3N3O4S. The first kappa shape index (κ1) is 31.7. The van der Waals surface area contributed by atoms with Crippen LogP contribution in [0.1, 0.15) is 31.9 Å². The van der Waals surface area contributed by atoms with Gasteiger partial charge in [-0.2, -0.15) is 0 Å². The van der Waals surface area contributed by atoms with E-state index in [4.69, 9.17) is 34.8 Å². The van der Waals surface area contributed by atoms with Gasteiger partial charge in [-0.1, -0.05) is 72.4 Å². The van der Waals surface area contributed by atoms with Crippen LogP contribution in [0.15, 0.2) is 71.6 Å². The zero-order valence-corrected chi connectivity index (χ0v) is 25.8. The van der Waals surface area contributed by atoms with E-state index in [-0.39, 0.29) is 23.3 Å². The van der Waals surface area contributed by atoms with Crippen LogP contribution in [0.2, 0.25) is 15.1 Å². The standard InChI is InChI=1S/C29H32Cl3N3O4S/c1-19(2)16-33-29(37)21(4)34(17-22-7-14-26(31)27(32)15-22)28(36)18-35(24-10-5-20(3)6-11-24)40(38,39)25-12-8-23(30)9-13-25/h5-15,19,21H,16-18H2,1-4H3,(H,33,37)/t21-/m1/s1. The molecule has 11 heteroatoms. The summed E-state index contributed by atoms with van der Waals surface area (Å²) in [5.74, 6) is -0.724. The maximum absolute atomic E-state index is 13.9. The average Bonchev–Trinajstić information content (AvgIpc) is 2.91. The third kappa shape index (κ3) is 8.13. The van der Waals surface area contributed by atoms with Gasteiger partial charge in [-0.25, -0.2) is 8.42 Å². The normalized spacial score (nSPS) is 12.2. The van der Waals surface area contributed by atoms with Gasteiger partial charge in [0, 0.05) is 18.1 Å². The summed E-state index contributed by atoms with van der Waals surface area (Å²) in [6.07, 6.45) is 0. The Bertz CT molecular complexity index is 1450. The van der Waals surface area contributed by atoms with Crippen LogP contribution in [-0.2, 0) is 26.2 Å². The molecule has 0 saturated carbocycles. The van der Waals surface area contributed by atoms with Crippen molar-refractivity contribution in [3.63, 3.8) is 0 Å². The number of hydrogen-bond acceptors (Lipinski definition) is 4. The smallest absolute Gasteiger partial charge is 0.264 e. The van der Waals surface area contributed by atoms with Gasteiger partial charge in [0.05, 0.1) is 20.6 Å². The Morgan fingerprint density at radius 2 is 1.50 bits per heavy atom. The number of nitrogens with one attached hydrogen (secondary N) is 1. The van der Waals surface area contributed by atoms with E-state index < -0.39 is 28.5 Å². The molecule has 7 nitrogen and oxygen atoms in total. The van der Waals surface area contributed by atoms with Crippen LogP contribution in [0.5, 0.6) is 0 Å². The number of rotatable bonds is 11. The minimum atomic E-state index is -4.18. The highest BCUT2D eigenvalue weighted by molar-refractivity contribution is 7.92. The van der Waals surface area contributed by atoms with Crippen LogP contribution in [-0.4, -0.2) is 44.3 Å². The molecule has 0 bridgehead atoms. The largest absolute Gasteiger partial charge is 0.354 e. The van der Waals surface area contributed by atoms with Crippen LogP contribution in [0.3, 0.4) is 0 Å². The lowest BCUT2D eigenvalue weighted by molar-refractivity contribution is -0.139. The van der Waals surface area contributed by atoms with E-state index in [0.29, 0.717) is 32.9 Å². The molecule has 1 N–H and O–H groups in total. The first-order valence-electron chi connectivity index (χ1n) is 12.7. The van der Waals surface area contributed by atoms with Gasteiger partial charge in [0.15, 0.2) is 0 Å². The van der Waals surface area contributed by atoms with Gasteiger partial charge in [-0.15, -0.1) is 0 Å². The molecule has 0 aromatic heterocycles. The second-order valence-electron chi connectivity index (χ2n) is 9.89. The lowest BCUT2D eigenvalue weighted by Crippen LogP contribution is -2.51. The maximum Gasteiger partial charge on any atom is 0.264 e. The fraction of sp³-hybridized carbons (Fsp3) is 0.310. The Morgan fingerprint density at radius 1 is 0.875 bits per heavy atom. The summed E-state index contributed by atoms with van der Waals surface area (Å²) in [5, 5.41) is 3.89. The summed E-state index contributed by atoms with van der Waals surface area (Å²) < 4.78 is 28.7. The quantitative estimate of drug-likeness (QED) is 0.270. The third-order valence-corrected chi connectivity index (χ3v) is 8.97. The van der Waals surface area contributed by atoms with E-state index in [1.165, 1.54) is 29.2 Å². The Hall–Kier alpha value is -2.78. The van der Waals surface area contributed by atoms with Crippen LogP contribution in [0.4, 0.5) is 5.69 Å². The summed E-state index contributed by atoms with van der Waals surface area (Å²) >= 11 is 18.3. The van der Waals surface area contributed by atoms with E-state index in [0.717, 1.165) is 9.87 Å². The Kier molecular flexibility index (Phi) is 10.9. The van der Waals surface area contributed by atoms with Gasteiger partial charge in [-0.05, 0) is 73.9 Å². The minimum Gasteiger partial charge on any atom is -0.354 e. The molecule has 3 rings (SSSR count). The van der Waals surface area contributed by atoms with Crippen LogP contribution in [0, 0.1) is 12.8 Å². The first-order valence-corrected chi connectivity index (χ1v) is 15.2. The van der Waals surface area contributed by atoms with Crippen molar-refractivity contribution >= 4 is 62.3 Å². The van der Waals surface area contributed by atoms with Gasteiger partial charge in [0.2, 0.25) is 11.8 Å². The van der Waals surface area contributed by atoms with E-state index in [9.17, 15) is 18.0 Å². The predicted molar refractivity (Wildman–Crippen MR) is 161 cm³/mol. The second kappa shape index (κ2) is 13.7. The molecule has 0 fully saturated rings. The molecule has 0 heterocycles. The summed E-state index contributed by atoms with van der Waals surface area (Å²) in [6.45, 7) is 7.30. The topological polar surface area (TPSA) is 86.8 Å². The molecule has 214 valence electrons. The van der Waals surface area contributed by atoms with Crippen LogP contribution in [0.25, 0.3) is 0 Å². The van der Waals surface area contributed by atoms with Crippen molar-refractivity contribution < 1.29 is 18.0 Å². The van der Waals surface area contributed by atoms with E-state index in [1.807, 2.05) is 20.8 Å². The number of carbonyl (C=O) groups is 2. The monoisotopic (exact) mass is 623 g/mol. The SMILES string of the molecule is Cc1ccc(N(CC(=O)N(Cc2ccc(Cl)c(Cl)c2)[C@H](C)C(=O)NCC(C)C)S(=O)(=O)c2ccc(Cl)cc2)cc1. The van der Waals surface area contributed by atoms with E-state index >= 15 is 0 Å². The summed E-state index contributed by atoms with van der Waals surface area (Å²) in [4.78, 5) is 28.3. The molecule has 0 aliphatic carbocycles. The molecule has 0 aliphatic heterocycles. The zero-order chi connectivity index (χ0) is 29.6. The summed E-state index contributed by atoms with van der Waals surface area (Å²) in [7, 11) is -4.18. The van der Waals surface area contributed by atoms with Gasteiger partial charge < -0.3 is 10.2 Å². The Morgan fingerprint density at radius 3 is 2.08 bits per heavy atom. The summed E-state index contributed by atoms with van der Waals surface area (Å²) in [6, 6.07) is 16.5. The Labute approximate surface area is 251 Å². The van der Waals surface area contributed by atoms with Crippen molar-refractivity contribution in [2.24, 2.45) is 5.92 Å². The lowest BCUT2D eigenvalue weighted by Gasteiger charge is -2.32. The average molecular weight is 625 g/mol. The number of amides is 2. The second-order valence-corrected chi connectivity index (χ2v) is 13.0. The van der Waals surface area contributed by atoms with Crippen molar-refractivity contribution in [2.45, 2.75) is 45.2 Å². The van der Waals surface area contributed by atoms with Crippen molar-refractivity contribution in [1.82, 2.24) is 10.2 Å². The maximum atomic E-state index is 13.9. The number of anilines is 1. The van der Waals surface area contributed by atoms with Gasteiger partial charge in [0.1, 0.15) is 12.6 Å². The van der Waals surface area contributed by atoms with Crippen LogP contribution < -0.4 is 9.62 Å². The number of hydrogen-bond donors (Lipinski definition) is 1. The predicted octanol–water partition coefficient (Wildman–Crippen LogP) is 6.34. The molecule has 3 aromatic carbocycles. The number of aryl methyl sites for hydroxylation is 1. The van der Waals surface area contributed by atoms with Crippen molar-refractivity contribution in [3.05, 3.63) is 92.9 Å². The fourth-order valence-corrected chi connectivity index (χ4v) is 5.70. The number of sulfonamides is 1. The first-order chi connectivity index (χ1) is 18.8. The zero-order valence-electron chi connectivity index (χ0n) is 22.7. The summed E-state index contributed by atoms with van der Waals surface area (Å²) in [5.41, 5.74) is 1.87. The fourth-order valence-electron chi connectivity index (χ4n) is 3.84. The molecule has 1 atom stereocenters. The number of nitrogens with zero attached hydrogens (tertiary/aromatic N) is 2. The minimum absolute atomic E-state index is 0.00865. The van der Waals surface area contributed by atoms with Gasteiger partial charge >= 0.3 is 0 Å². The lowest BCUT2D eigenvalue weighted by atomic mass is 10.1. The third-order valence-electron chi connectivity index (χ3n) is 6.19. The molecule has 0 radical (unpaired) electrons. The van der Waals surface area contributed by atoms with Crippen LogP contribution >= 0.6 is 34.8 Å². The van der Waals surface area contributed by atoms with E-state index in [1.54, 1.807) is 49.4 Å². The molecule has 0 spiro atoms. The number of halogens is 3. The molecule has 3 aromatic rings.